The quantitative estimate of drug-likeness (QED) is 0.296. The highest BCUT2D eigenvalue weighted by molar-refractivity contribution is 7.16. The van der Waals surface area contributed by atoms with Gasteiger partial charge in [-0.2, -0.15) is 0 Å². The number of ether oxygens (including phenoxy) is 2. The third-order valence-corrected chi connectivity index (χ3v) is 6.59. The fourth-order valence-electron chi connectivity index (χ4n) is 3.98. The number of hydrogen-bond acceptors (Lipinski definition) is 6. The maximum atomic E-state index is 13.5. The fourth-order valence-corrected chi connectivity index (χ4v) is 4.82. The molecule has 174 valence electrons. The lowest BCUT2D eigenvalue weighted by Gasteiger charge is -2.12. The Morgan fingerprint density at radius 2 is 1.57 bits per heavy atom. The minimum absolute atomic E-state index is 0.237. The molecule has 2 heterocycles. The van der Waals surface area contributed by atoms with E-state index >= 15 is 0 Å². The van der Waals surface area contributed by atoms with Gasteiger partial charge in [0.05, 0.1) is 36.7 Å². The van der Waals surface area contributed by atoms with Gasteiger partial charge in [-0.25, -0.2) is 9.97 Å². The Bertz CT molecular complexity index is 1530. The molecule has 0 saturated carbocycles. The first-order chi connectivity index (χ1) is 17.1. The Balaban J connectivity index is 1.54. The van der Waals surface area contributed by atoms with E-state index in [9.17, 15) is 4.79 Å². The van der Waals surface area contributed by atoms with Crippen molar-refractivity contribution < 1.29 is 14.3 Å². The van der Waals surface area contributed by atoms with E-state index in [0.717, 1.165) is 32.6 Å². The van der Waals surface area contributed by atoms with Gasteiger partial charge in [-0.1, -0.05) is 48.5 Å². The van der Waals surface area contributed by atoms with Gasteiger partial charge in [0.2, 0.25) is 0 Å². The molecule has 6 nitrogen and oxygen atoms in total. The summed E-state index contributed by atoms with van der Waals surface area (Å²) in [6.45, 7) is 2.01. The lowest BCUT2D eigenvalue weighted by molar-refractivity contribution is 0.102. The summed E-state index contributed by atoms with van der Waals surface area (Å²) in [5, 5.41) is 4.32. The summed E-state index contributed by atoms with van der Waals surface area (Å²) in [7, 11) is 3.19. The number of carbonyl (C=O) groups excluding carboxylic acids is 1. The predicted octanol–water partition coefficient (Wildman–Crippen LogP) is 6.60. The van der Waals surface area contributed by atoms with Crippen molar-refractivity contribution in [2.45, 2.75) is 6.92 Å². The van der Waals surface area contributed by atoms with Crippen LogP contribution in [0.5, 0.6) is 11.5 Å². The number of nitrogens with one attached hydrogen (secondary N) is 1. The third-order valence-electron chi connectivity index (χ3n) is 5.70. The minimum atomic E-state index is -0.237. The third kappa shape index (κ3) is 4.46. The van der Waals surface area contributed by atoms with E-state index in [2.05, 4.69) is 10.3 Å². The molecule has 0 spiro atoms. The fraction of sp³-hybridized carbons (Fsp3) is 0.107. The largest absolute Gasteiger partial charge is 0.493 e. The number of aryl methyl sites for hydroxylation is 1. The van der Waals surface area contributed by atoms with E-state index in [1.54, 1.807) is 20.3 Å². The maximum absolute atomic E-state index is 13.5. The normalized spacial score (nSPS) is 10.8. The number of anilines is 1. The Hall–Kier alpha value is -4.23. The van der Waals surface area contributed by atoms with E-state index in [4.69, 9.17) is 14.5 Å². The van der Waals surface area contributed by atoms with Crippen LogP contribution in [0.3, 0.4) is 0 Å². The van der Waals surface area contributed by atoms with E-state index in [1.165, 1.54) is 11.3 Å². The Morgan fingerprint density at radius 3 is 2.34 bits per heavy atom. The van der Waals surface area contributed by atoms with Crippen molar-refractivity contribution in [2.75, 3.05) is 19.5 Å². The molecule has 0 aliphatic heterocycles. The Kier molecular flexibility index (Phi) is 6.16. The lowest BCUT2D eigenvalue weighted by Crippen LogP contribution is -2.13. The SMILES string of the molecule is COc1ccc(-c2cc(C(=O)Nc3nc(-c4ccccc4)c(C)s3)c3ccccc3n2)cc1OC. The van der Waals surface area contributed by atoms with Crippen LogP contribution in [0.15, 0.2) is 78.9 Å². The highest BCUT2D eigenvalue weighted by Crippen LogP contribution is 2.34. The molecular weight excluding hydrogens is 458 g/mol. The Labute approximate surface area is 207 Å². The van der Waals surface area contributed by atoms with Crippen LogP contribution in [0.4, 0.5) is 5.13 Å². The van der Waals surface area contributed by atoms with Crippen LogP contribution in [0.2, 0.25) is 0 Å². The summed E-state index contributed by atoms with van der Waals surface area (Å²) >= 11 is 1.46. The molecule has 0 atom stereocenters. The monoisotopic (exact) mass is 481 g/mol. The van der Waals surface area contributed by atoms with Gasteiger partial charge in [-0.15, -0.1) is 11.3 Å². The zero-order valence-electron chi connectivity index (χ0n) is 19.5. The van der Waals surface area contributed by atoms with Gasteiger partial charge in [-0.3, -0.25) is 10.1 Å². The van der Waals surface area contributed by atoms with Crippen molar-refractivity contribution >= 4 is 33.3 Å². The molecular formula is C28H23N3O3S. The van der Waals surface area contributed by atoms with Crippen LogP contribution in [0.1, 0.15) is 15.2 Å². The summed E-state index contributed by atoms with van der Waals surface area (Å²) < 4.78 is 10.8. The summed E-state index contributed by atoms with van der Waals surface area (Å²) in [6.07, 6.45) is 0. The molecule has 7 heteroatoms. The summed E-state index contributed by atoms with van der Waals surface area (Å²) in [5.74, 6) is 0.986. The van der Waals surface area contributed by atoms with E-state index in [0.29, 0.717) is 27.9 Å². The van der Waals surface area contributed by atoms with Gasteiger partial charge in [0.1, 0.15) is 0 Å². The van der Waals surface area contributed by atoms with Gasteiger partial charge in [0.15, 0.2) is 16.6 Å². The Morgan fingerprint density at radius 1 is 0.829 bits per heavy atom. The second-order valence-electron chi connectivity index (χ2n) is 7.89. The average molecular weight is 482 g/mol. The number of fused-ring (bicyclic) bond motifs is 1. The number of carbonyl (C=O) groups is 1. The zero-order chi connectivity index (χ0) is 24.4. The van der Waals surface area contributed by atoms with Crippen molar-refractivity contribution in [3.63, 3.8) is 0 Å². The van der Waals surface area contributed by atoms with E-state index in [-0.39, 0.29) is 5.91 Å². The minimum Gasteiger partial charge on any atom is -0.493 e. The molecule has 0 radical (unpaired) electrons. The molecule has 0 fully saturated rings. The van der Waals surface area contributed by atoms with Crippen LogP contribution in [0, 0.1) is 6.92 Å². The second kappa shape index (κ2) is 9.56. The number of benzene rings is 3. The van der Waals surface area contributed by atoms with Crippen LogP contribution >= 0.6 is 11.3 Å². The highest BCUT2D eigenvalue weighted by atomic mass is 32.1. The number of rotatable bonds is 6. The van der Waals surface area contributed by atoms with Crippen molar-refractivity contribution in [3.8, 4) is 34.0 Å². The number of nitrogens with zero attached hydrogens (tertiary/aromatic N) is 2. The molecule has 5 rings (SSSR count). The van der Waals surface area contributed by atoms with Gasteiger partial charge in [-0.05, 0) is 37.3 Å². The first-order valence-electron chi connectivity index (χ1n) is 11.0. The van der Waals surface area contributed by atoms with Crippen LogP contribution in [-0.2, 0) is 0 Å². The molecule has 0 saturated heterocycles. The van der Waals surface area contributed by atoms with Gasteiger partial charge in [0.25, 0.3) is 5.91 Å². The van der Waals surface area contributed by atoms with Crippen LogP contribution in [0.25, 0.3) is 33.4 Å². The van der Waals surface area contributed by atoms with Gasteiger partial charge < -0.3 is 9.47 Å². The molecule has 0 bridgehead atoms. The summed E-state index contributed by atoms with van der Waals surface area (Å²) in [4.78, 5) is 24.0. The molecule has 1 N–H and O–H groups in total. The number of methoxy groups -OCH3 is 2. The molecule has 0 aliphatic rings. The molecule has 0 unspecified atom stereocenters. The number of thiazole rings is 1. The molecule has 2 aromatic heterocycles. The van der Waals surface area contributed by atoms with Crippen molar-refractivity contribution in [1.29, 1.82) is 0 Å². The first kappa shape index (κ1) is 22.6. The lowest BCUT2D eigenvalue weighted by atomic mass is 10.0. The van der Waals surface area contributed by atoms with E-state index in [1.807, 2.05) is 79.7 Å². The average Bonchev–Trinajstić information content (AvgIpc) is 3.27. The molecule has 0 aliphatic carbocycles. The molecule has 5 aromatic rings. The summed E-state index contributed by atoms with van der Waals surface area (Å²) in [5.41, 5.74) is 4.62. The van der Waals surface area contributed by atoms with E-state index < -0.39 is 0 Å². The first-order valence-corrected chi connectivity index (χ1v) is 11.9. The van der Waals surface area contributed by atoms with Gasteiger partial charge >= 0.3 is 0 Å². The van der Waals surface area contributed by atoms with Crippen molar-refractivity contribution in [1.82, 2.24) is 9.97 Å². The summed E-state index contributed by atoms with van der Waals surface area (Å²) in [6, 6.07) is 24.9. The van der Waals surface area contributed by atoms with Crippen LogP contribution in [-0.4, -0.2) is 30.1 Å². The number of aromatic nitrogens is 2. The maximum Gasteiger partial charge on any atom is 0.258 e. The molecule has 1 amide bonds. The molecule has 35 heavy (non-hydrogen) atoms. The standard InChI is InChI=1S/C28H23N3O3S/c1-17-26(18-9-5-4-6-10-18)30-28(35-17)31-27(32)21-16-23(29-22-12-8-7-11-20(21)22)19-13-14-24(33-2)25(15-19)34-3/h4-16H,1-3H3,(H,30,31,32). The topological polar surface area (TPSA) is 73.3 Å². The highest BCUT2D eigenvalue weighted by Gasteiger charge is 2.18. The second-order valence-corrected chi connectivity index (χ2v) is 9.09. The number of pyridine rings is 1. The van der Waals surface area contributed by atoms with Crippen molar-refractivity contribution in [3.05, 3.63) is 89.3 Å². The predicted molar refractivity (Wildman–Crippen MR) is 141 cm³/mol. The van der Waals surface area contributed by atoms with Crippen LogP contribution < -0.4 is 14.8 Å². The van der Waals surface area contributed by atoms with Crippen molar-refractivity contribution in [2.24, 2.45) is 0 Å². The zero-order valence-corrected chi connectivity index (χ0v) is 20.3. The number of amides is 1. The number of para-hydroxylation sites is 1. The smallest absolute Gasteiger partial charge is 0.258 e. The number of hydrogen-bond donors (Lipinski definition) is 1. The van der Waals surface area contributed by atoms with Gasteiger partial charge in [0, 0.05) is 21.4 Å². The molecule has 3 aromatic carbocycles.